The third-order valence-corrected chi connectivity index (χ3v) is 3.75. The van der Waals surface area contributed by atoms with Crippen LogP contribution in [-0.2, 0) is 27.3 Å². The fraction of sp³-hybridized carbons (Fsp3) is 0.300. The van der Waals surface area contributed by atoms with Gasteiger partial charge >= 0.3 is 12.1 Å². The number of rotatable bonds is 9. The Labute approximate surface area is 153 Å². The number of carbonyl (C=O) groups is 2. The van der Waals surface area contributed by atoms with Crippen LogP contribution in [0.15, 0.2) is 60.7 Å². The first-order chi connectivity index (χ1) is 12.7. The lowest BCUT2D eigenvalue weighted by Gasteiger charge is -2.19. The maximum absolute atomic E-state index is 12.1. The number of ether oxygens (including phenoxy) is 2. The summed E-state index contributed by atoms with van der Waals surface area (Å²) in [5, 5.41) is 5.84. The van der Waals surface area contributed by atoms with E-state index in [2.05, 4.69) is 15.4 Å². The summed E-state index contributed by atoms with van der Waals surface area (Å²) < 4.78 is 9.88. The first-order valence-electron chi connectivity index (χ1n) is 8.46. The van der Waals surface area contributed by atoms with Crippen LogP contribution in [0.4, 0.5) is 4.79 Å². The highest BCUT2D eigenvalue weighted by Crippen LogP contribution is 2.04. The lowest BCUT2D eigenvalue weighted by Crippen LogP contribution is -2.44. The van der Waals surface area contributed by atoms with Gasteiger partial charge in [-0.3, -0.25) is 4.79 Å². The quantitative estimate of drug-likeness (QED) is 0.674. The van der Waals surface area contributed by atoms with Gasteiger partial charge in [0.1, 0.15) is 6.61 Å². The van der Waals surface area contributed by atoms with Crippen LogP contribution in [0.2, 0.25) is 0 Å². The van der Waals surface area contributed by atoms with E-state index in [1.54, 1.807) is 0 Å². The van der Waals surface area contributed by atoms with Gasteiger partial charge in [-0.05, 0) is 17.5 Å². The molecule has 2 N–H and O–H groups in total. The number of methoxy groups -OCH3 is 1. The van der Waals surface area contributed by atoms with Crippen LogP contribution in [0.1, 0.15) is 11.1 Å². The van der Waals surface area contributed by atoms with E-state index in [-0.39, 0.29) is 25.2 Å². The summed E-state index contributed by atoms with van der Waals surface area (Å²) in [6, 6.07) is 19.1. The highest BCUT2D eigenvalue weighted by Gasteiger charge is 2.14. The van der Waals surface area contributed by atoms with Gasteiger partial charge in [0.05, 0.1) is 13.7 Å². The number of hydrogen-bond acceptors (Lipinski definition) is 5. The van der Waals surface area contributed by atoms with Gasteiger partial charge in [0.15, 0.2) is 0 Å². The first-order valence-corrected chi connectivity index (χ1v) is 8.46. The van der Waals surface area contributed by atoms with Crippen molar-refractivity contribution in [3.63, 3.8) is 0 Å². The molecule has 0 unspecified atom stereocenters. The number of esters is 1. The molecule has 0 saturated carbocycles. The topological polar surface area (TPSA) is 76.7 Å². The molecule has 0 aliphatic heterocycles. The first kappa shape index (κ1) is 19.5. The lowest BCUT2D eigenvalue weighted by molar-refractivity contribution is -0.139. The third kappa shape index (κ3) is 7.36. The molecule has 0 aliphatic carbocycles. The van der Waals surface area contributed by atoms with E-state index in [1.807, 2.05) is 60.7 Å². The monoisotopic (exact) mass is 356 g/mol. The van der Waals surface area contributed by atoms with Gasteiger partial charge in [-0.25, -0.2) is 4.79 Å². The molecule has 0 heterocycles. The van der Waals surface area contributed by atoms with Gasteiger partial charge in [0, 0.05) is 12.6 Å². The molecule has 2 aromatic rings. The Bertz CT molecular complexity index is 677. The standard InChI is InChI=1S/C20H24N2O4/c1-25-19(23)14-21-13-18(12-16-8-4-2-5-9-16)22-20(24)26-15-17-10-6-3-7-11-17/h2-11,18,21H,12-15H2,1H3,(H,22,24)/t18-/m0/s1. The molecule has 138 valence electrons. The molecule has 6 heteroatoms. The van der Waals surface area contributed by atoms with Gasteiger partial charge < -0.3 is 20.1 Å². The highest BCUT2D eigenvalue weighted by molar-refractivity contribution is 5.71. The van der Waals surface area contributed by atoms with Crippen molar-refractivity contribution in [2.24, 2.45) is 0 Å². The lowest BCUT2D eigenvalue weighted by atomic mass is 10.1. The summed E-state index contributed by atoms with van der Waals surface area (Å²) in [5.41, 5.74) is 2.01. The second kappa shape index (κ2) is 10.9. The van der Waals surface area contributed by atoms with Gasteiger partial charge in [0.25, 0.3) is 0 Å². The van der Waals surface area contributed by atoms with E-state index in [0.717, 1.165) is 11.1 Å². The zero-order valence-electron chi connectivity index (χ0n) is 14.8. The molecule has 1 amide bonds. The average molecular weight is 356 g/mol. The molecule has 0 fully saturated rings. The van der Waals surface area contributed by atoms with Gasteiger partial charge in [0.2, 0.25) is 0 Å². The fourth-order valence-corrected chi connectivity index (χ4v) is 2.42. The number of carbonyl (C=O) groups excluding carboxylic acids is 2. The predicted octanol–water partition coefficient (Wildman–Crippen LogP) is 2.29. The normalized spacial score (nSPS) is 11.4. The van der Waals surface area contributed by atoms with Crippen molar-refractivity contribution < 1.29 is 19.1 Å². The number of nitrogens with one attached hydrogen (secondary N) is 2. The summed E-state index contributed by atoms with van der Waals surface area (Å²) in [4.78, 5) is 23.4. The number of alkyl carbamates (subject to hydrolysis) is 1. The van der Waals surface area contributed by atoms with Crippen LogP contribution in [0.5, 0.6) is 0 Å². The van der Waals surface area contributed by atoms with Crippen molar-refractivity contribution in [2.45, 2.75) is 19.1 Å². The average Bonchev–Trinajstić information content (AvgIpc) is 2.67. The molecule has 2 rings (SSSR count). The molecular formula is C20H24N2O4. The van der Waals surface area contributed by atoms with Crippen LogP contribution in [-0.4, -0.2) is 38.3 Å². The molecule has 0 aromatic heterocycles. The van der Waals surface area contributed by atoms with Crippen LogP contribution in [0, 0.1) is 0 Å². The van der Waals surface area contributed by atoms with Crippen LogP contribution in [0.25, 0.3) is 0 Å². The van der Waals surface area contributed by atoms with Crippen molar-refractivity contribution in [3.05, 3.63) is 71.8 Å². The van der Waals surface area contributed by atoms with Crippen molar-refractivity contribution in [1.29, 1.82) is 0 Å². The minimum atomic E-state index is -0.491. The van der Waals surface area contributed by atoms with Crippen molar-refractivity contribution in [2.75, 3.05) is 20.2 Å². The van der Waals surface area contributed by atoms with E-state index in [1.165, 1.54) is 7.11 Å². The van der Waals surface area contributed by atoms with Crippen molar-refractivity contribution >= 4 is 12.1 Å². The summed E-state index contributed by atoms with van der Waals surface area (Å²) >= 11 is 0. The molecule has 0 spiro atoms. The molecule has 0 aliphatic rings. The van der Waals surface area contributed by atoms with Crippen molar-refractivity contribution in [3.8, 4) is 0 Å². The van der Waals surface area contributed by atoms with Crippen molar-refractivity contribution in [1.82, 2.24) is 10.6 Å². The zero-order valence-corrected chi connectivity index (χ0v) is 14.8. The minimum absolute atomic E-state index is 0.0858. The summed E-state index contributed by atoms with van der Waals surface area (Å²) in [6.45, 7) is 0.716. The molecule has 0 saturated heterocycles. The highest BCUT2D eigenvalue weighted by atomic mass is 16.5. The largest absolute Gasteiger partial charge is 0.468 e. The fourth-order valence-electron chi connectivity index (χ4n) is 2.42. The number of amides is 1. The van der Waals surface area contributed by atoms with Crippen LogP contribution < -0.4 is 10.6 Å². The van der Waals surface area contributed by atoms with E-state index in [4.69, 9.17) is 4.74 Å². The number of hydrogen-bond donors (Lipinski definition) is 2. The molecule has 6 nitrogen and oxygen atoms in total. The van der Waals surface area contributed by atoms with E-state index in [9.17, 15) is 9.59 Å². The minimum Gasteiger partial charge on any atom is -0.468 e. The van der Waals surface area contributed by atoms with Gasteiger partial charge in [-0.2, -0.15) is 0 Å². The SMILES string of the molecule is COC(=O)CNC[C@H](Cc1ccccc1)NC(=O)OCc1ccccc1. The maximum atomic E-state index is 12.1. The Morgan fingerprint density at radius 2 is 1.58 bits per heavy atom. The third-order valence-electron chi connectivity index (χ3n) is 3.75. The Hall–Kier alpha value is -2.86. The summed E-state index contributed by atoms with van der Waals surface area (Å²) in [5.74, 6) is -0.352. The second-order valence-electron chi connectivity index (χ2n) is 5.80. The van der Waals surface area contributed by atoms with Gasteiger partial charge in [-0.15, -0.1) is 0 Å². The summed E-state index contributed by atoms with van der Waals surface area (Å²) in [6.07, 6.45) is 0.129. The van der Waals surface area contributed by atoms with Crippen LogP contribution in [0.3, 0.4) is 0 Å². The molecule has 2 aromatic carbocycles. The molecule has 26 heavy (non-hydrogen) atoms. The predicted molar refractivity (Wildman–Crippen MR) is 98.6 cm³/mol. The molecule has 0 radical (unpaired) electrons. The molecule has 0 bridgehead atoms. The second-order valence-corrected chi connectivity index (χ2v) is 5.80. The van der Waals surface area contributed by atoms with E-state index >= 15 is 0 Å². The van der Waals surface area contributed by atoms with Crippen LogP contribution >= 0.6 is 0 Å². The molecule has 1 atom stereocenters. The number of benzene rings is 2. The van der Waals surface area contributed by atoms with Gasteiger partial charge in [-0.1, -0.05) is 60.7 Å². The maximum Gasteiger partial charge on any atom is 0.407 e. The summed E-state index contributed by atoms with van der Waals surface area (Å²) in [7, 11) is 1.34. The van der Waals surface area contributed by atoms with E-state index < -0.39 is 6.09 Å². The Morgan fingerprint density at radius 3 is 2.19 bits per heavy atom. The Balaban J connectivity index is 1.86. The Kier molecular flexibility index (Phi) is 8.15. The van der Waals surface area contributed by atoms with E-state index in [0.29, 0.717) is 13.0 Å². The smallest absolute Gasteiger partial charge is 0.407 e. The Morgan fingerprint density at radius 1 is 0.962 bits per heavy atom. The zero-order chi connectivity index (χ0) is 18.6. The molecular weight excluding hydrogens is 332 g/mol.